The van der Waals surface area contributed by atoms with E-state index in [2.05, 4.69) is 11.9 Å². The summed E-state index contributed by atoms with van der Waals surface area (Å²) in [6.07, 6.45) is 24.8. The Bertz CT molecular complexity index is 795. The number of carbonyl (C=O) groups excluding carboxylic acids is 1. The van der Waals surface area contributed by atoms with Crippen molar-refractivity contribution in [1.29, 1.82) is 0 Å². The van der Waals surface area contributed by atoms with Crippen LogP contribution in [0, 0.1) is 0 Å². The summed E-state index contributed by atoms with van der Waals surface area (Å²) >= 11 is 0. The van der Waals surface area contributed by atoms with Crippen LogP contribution >= 0.6 is 0 Å². The van der Waals surface area contributed by atoms with Crippen LogP contribution < -0.4 is 4.74 Å². The lowest BCUT2D eigenvalue weighted by atomic mass is 10.0. The number of nitrogens with zero attached hydrogens (tertiary/aromatic N) is 1. The van der Waals surface area contributed by atoms with Gasteiger partial charge in [-0.2, -0.15) is 0 Å². The number of hydrogen-bond acceptors (Lipinski definition) is 3. The van der Waals surface area contributed by atoms with Gasteiger partial charge in [-0.25, -0.2) is 0 Å². The standard InChI is InChI=1S/C32H47NO2/c1-2-3-4-5-6-7-8-9-10-11-12-13-14-15-16-17-26-35-32-24-22-31(23-25-32)33-27-29-18-20-30(28-34)21-19-29/h18-25,27-28H,2-17,26H2,1H3. The summed E-state index contributed by atoms with van der Waals surface area (Å²) in [6, 6.07) is 15.3. The zero-order valence-corrected chi connectivity index (χ0v) is 22.1. The quantitative estimate of drug-likeness (QED) is 0.102. The van der Waals surface area contributed by atoms with Crippen molar-refractivity contribution in [3.63, 3.8) is 0 Å². The molecule has 0 aliphatic carbocycles. The molecule has 0 atom stereocenters. The first-order chi connectivity index (χ1) is 17.3. The summed E-state index contributed by atoms with van der Waals surface area (Å²) in [4.78, 5) is 15.2. The summed E-state index contributed by atoms with van der Waals surface area (Å²) in [5.41, 5.74) is 2.53. The number of unbranched alkanes of at least 4 members (excludes halogenated alkanes) is 15. The Hall–Kier alpha value is -2.42. The number of rotatable bonds is 21. The Kier molecular flexibility index (Phi) is 16.3. The van der Waals surface area contributed by atoms with Crippen molar-refractivity contribution in [3.8, 4) is 5.75 Å². The molecule has 35 heavy (non-hydrogen) atoms. The van der Waals surface area contributed by atoms with E-state index in [-0.39, 0.29) is 0 Å². The van der Waals surface area contributed by atoms with Crippen molar-refractivity contribution in [2.75, 3.05) is 6.61 Å². The third-order valence-corrected chi connectivity index (χ3v) is 6.54. The minimum absolute atomic E-state index is 0.674. The molecule has 0 aliphatic rings. The predicted molar refractivity (Wildman–Crippen MR) is 151 cm³/mol. The monoisotopic (exact) mass is 477 g/mol. The van der Waals surface area contributed by atoms with Crippen LogP contribution in [-0.4, -0.2) is 19.1 Å². The van der Waals surface area contributed by atoms with Crippen LogP contribution in [0.2, 0.25) is 0 Å². The fourth-order valence-corrected chi connectivity index (χ4v) is 4.28. The SMILES string of the molecule is CCCCCCCCCCCCCCCCCCOc1ccc(N=Cc2ccc(C=O)cc2)cc1. The first-order valence-corrected chi connectivity index (χ1v) is 14.1. The summed E-state index contributed by atoms with van der Waals surface area (Å²) in [7, 11) is 0. The number of hydrogen-bond donors (Lipinski definition) is 0. The van der Waals surface area contributed by atoms with Crippen molar-refractivity contribution in [3.05, 3.63) is 59.7 Å². The maximum atomic E-state index is 10.7. The lowest BCUT2D eigenvalue weighted by molar-refractivity contribution is 0.112. The molecule has 3 heteroatoms. The molecular weight excluding hydrogens is 430 g/mol. The second-order valence-electron chi connectivity index (χ2n) is 9.69. The minimum atomic E-state index is 0.674. The van der Waals surface area contributed by atoms with E-state index in [0.717, 1.165) is 36.3 Å². The van der Waals surface area contributed by atoms with E-state index in [4.69, 9.17) is 4.74 Å². The van der Waals surface area contributed by atoms with Gasteiger partial charge in [0.2, 0.25) is 0 Å². The molecule has 2 aromatic rings. The van der Waals surface area contributed by atoms with Crippen LogP contribution in [0.25, 0.3) is 0 Å². The van der Waals surface area contributed by atoms with Crippen molar-refractivity contribution < 1.29 is 9.53 Å². The van der Waals surface area contributed by atoms with Gasteiger partial charge in [-0.15, -0.1) is 0 Å². The first kappa shape index (κ1) is 28.8. The summed E-state index contributed by atoms with van der Waals surface area (Å²) in [6.45, 7) is 3.07. The van der Waals surface area contributed by atoms with Gasteiger partial charge in [0.1, 0.15) is 12.0 Å². The lowest BCUT2D eigenvalue weighted by Gasteiger charge is -2.06. The van der Waals surface area contributed by atoms with Gasteiger partial charge in [0, 0.05) is 11.8 Å². The molecule has 0 saturated carbocycles. The second kappa shape index (κ2) is 19.8. The van der Waals surface area contributed by atoms with E-state index < -0.39 is 0 Å². The van der Waals surface area contributed by atoms with E-state index in [1.807, 2.05) is 36.4 Å². The lowest BCUT2D eigenvalue weighted by Crippen LogP contribution is -1.97. The number of aliphatic imine (C=N–C) groups is 1. The van der Waals surface area contributed by atoms with Gasteiger partial charge >= 0.3 is 0 Å². The Morgan fingerprint density at radius 1 is 0.600 bits per heavy atom. The largest absolute Gasteiger partial charge is 0.494 e. The van der Waals surface area contributed by atoms with Gasteiger partial charge in [0.05, 0.1) is 12.3 Å². The van der Waals surface area contributed by atoms with Crippen LogP contribution in [0.5, 0.6) is 5.75 Å². The Morgan fingerprint density at radius 3 is 1.54 bits per heavy atom. The molecule has 2 rings (SSSR count). The van der Waals surface area contributed by atoms with Gasteiger partial charge in [0.15, 0.2) is 0 Å². The fourth-order valence-electron chi connectivity index (χ4n) is 4.28. The highest BCUT2D eigenvalue weighted by molar-refractivity contribution is 5.84. The number of aldehydes is 1. The highest BCUT2D eigenvalue weighted by Gasteiger charge is 1.97. The molecule has 0 aromatic heterocycles. The topological polar surface area (TPSA) is 38.7 Å². The summed E-state index contributed by atoms with van der Waals surface area (Å²) < 4.78 is 5.88. The van der Waals surface area contributed by atoms with Gasteiger partial charge < -0.3 is 4.74 Å². The molecule has 2 aromatic carbocycles. The molecule has 3 nitrogen and oxygen atoms in total. The minimum Gasteiger partial charge on any atom is -0.494 e. The van der Waals surface area contributed by atoms with E-state index in [1.165, 1.54) is 96.3 Å². The zero-order chi connectivity index (χ0) is 24.8. The van der Waals surface area contributed by atoms with E-state index >= 15 is 0 Å². The normalized spacial score (nSPS) is 11.2. The van der Waals surface area contributed by atoms with Crippen molar-refractivity contribution in [2.24, 2.45) is 4.99 Å². The van der Waals surface area contributed by atoms with Crippen LogP contribution in [0.4, 0.5) is 5.69 Å². The third kappa shape index (κ3) is 14.5. The van der Waals surface area contributed by atoms with E-state index in [1.54, 1.807) is 18.3 Å². The van der Waals surface area contributed by atoms with Crippen LogP contribution in [0.1, 0.15) is 126 Å². The Balaban J connectivity index is 1.40. The average molecular weight is 478 g/mol. The van der Waals surface area contributed by atoms with E-state index in [0.29, 0.717) is 5.56 Å². The molecule has 0 aliphatic heterocycles. The van der Waals surface area contributed by atoms with Crippen LogP contribution in [-0.2, 0) is 0 Å². The predicted octanol–water partition coefficient (Wildman–Crippen LogP) is 9.89. The van der Waals surface area contributed by atoms with Gasteiger partial charge in [-0.3, -0.25) is 9.79 Å². The Morgan fingerprint density at radius 2 is 1.06 bits per heavy atom. The van der Waals surface area contributed by atoms with Gasteiger partial charge in [-0.1, -0.05) is 128 Å². The van der Waals surface area contributed by atoms with Crippen LogP contribution in [0.3, 0.4) is 0 Å². The maximum absolute atomic E-state index is 10.7. The third-order valence-electron chi connectivity index (χ3n) is 6.54. The van der Waals surface area contributed by atoms with Crippen molar-refractivity contribution in [1.82, 2.24) is 0 Å². The van der Waals surface area contributed by atoms with Crippen LogP contribution in [0.15, 0.2) is 53.5 Å². The second-order valence-corrected chi connectivity index (χ2v) is 9.69. The highest BCUT2D eigenvalue weighted by atomic mass is 16.5. The smallest absolute Gasteiger partial charge is 0.150 e. The average Bonchev–Trinajstić information content (AvgIpc) is 2.90. The highest BCUT2D eigenvalue weighted by Crippen LogP contribution is 2.19. The Labute approximate surface area is 214 Å². The van der Waals surface area contributed by atoms with Crippen molar-refractivity contribution >= 4 is 18.2 Å². The molecule has 0 heterocycles. The molecular formula is C32H47NO2. The molecule has 0 fully saturated rings. The summed E-state index contributed by atoms with van der Waals surface area (Å²) in [5, 5.41) is 0. The van der Waals surface area contributed by atoms with Gasteiger partial charge in [-0.05, 0) is 36.2 Å². The van der Waals surface area contributed by atoms with E-state index in [9.17, 15) is 4.79 Å². The number of benzene rings is 2. The first-order valence-electron chi connectivity index (χ1n) is 14.1. The maximum Gasteiger partial charge on any atom is 0.150 e. The molecule has 0 N–H and O–H groups in total. The zero-order valence-electron chi connectivity index (χ0n) is 22.1. The molecule has 0 radical (unpaired) electrons. The fraction of sp³-hybridized carbons (Fsp3) is 0.562. The van der Waals surface area contributed by atoms with Crippen molar-refractivity contribution in [2.45, 2.75) is 110 Å². The molecule has 0 unspecified atom stereocenters. The molecule has 0 bridgehead atoms. The number of ether oxygens (including phenoxy) is 1. The molecule has 0 saturated heterocycles. The van der Waals surface area contributed by atoms with Gasteiger partial charge in [0.25, 0.3) is 0 Å². The number of carbonyl (C=O) groups is 1. The molecule has 0 spiro atoms. The molecule has 0 amide bonds. The molecule has 192 valence electrons. The summed E-state index contributed by atoms with van der Waals surface area (Å²) in [5.74, 6) is 0.903.